The lowest BCUT2D eigenvalue weighted by Crippen LogP contribution is -2.30. The molecule has 2 aromatic carbocycles. The number of hydrogen-bond acceptors (Lipinski definition) is 4. The second-order valence-corrected chi connectivity index (χ2v) is 8.65. The quantitative estimate of drug-likeness (QED) is 0.501. The zero-order valence-corrected chi connectivity index (χ0v) is 16.6. The number of carbonyl (C=O) groups is 1. The average molecular weight is 437 g/mol. The van der Waals surface area contributed by atoms with E-state index in [-0.39, 0.29) is 51.0 Å². The Kier molecular flexibility index (Phi) is 7.58. The largest absolute Gasteiger partial charge is 0.482 e. The number of ether oxygens (including phenoxy) is 1. The van der Waals surface area contributed by atoms with Crippen LogP contribution in [0.3, 0.4) is 0 Å². The lowest BCUT2D eigenvalue weighted by molar-refractivity contribution is -0.123. The van der Waals surface area contributed by atoms with E-state index < -0.39 is 15.7 Å². The van der Waals surface area contributed by atoms with Crippen LogP contribution in [0.4, 0.5) is 0 Å². The molecule has 0 radical (unpaired) electrons. The van der Waals surface area contributed by atoms with Crippen molar-refractivity contribution >= 4 is 50.5 Å². The summed E-state index contributed by atoms with van der Waals surface area (Å²) in [5, 5.41) is 3.38. The molecule has 0 spiro atoms. The summed E-state index contributed by atoms with van der Waals surface area (Å²) in [5.74, 6) is -0.219. The molecule has 26 heavy (non-hydrogen) atoms. The lowest BCUT2D eigenvalue weighted by atomic mass is 10.3. The first-order valence-electron chi connectivity index (χ1n) is 7.61. The SMILES string of the molecule is O=C(COc1cc(Cl)c(Cl)cc1Cl)NCCCS(=O)(=O)c1ccccc1. The molecule has 0 unspecified atom stereocenters. The monoisotopic (exact) mass is 435 g/mol. The number of carbonyl (C=O) groups excluding carboxylic acids is 1. The molecule has 0 saturated carbocycles. The van der Waals surface area contributed by atoms with Crippen molar-refractivity contribution in [2.75, 3.05) is 18.9 Å². The molecule has 1 N–H and O–H groups in total. The molecule has 0 saturated heterocycles. The van der Waals surface area contributed by atoms with Crippen molar-refractivity contribution in [1.29, 1.82) is 0 Å². The molecule has 0 fully saturated rings. The Hall–Kier alpha value is -1.47. The summed E-state index contributed by atoms with van der Waals surface area (Å²) >= 11 is 17.6. The number of hydrogen-bond donors (Lipinski definition) is 1. The van der Waals surface area contributed by atoms with Crippen LogP contribution in [0.5, 0.6) is 5.75 Å². The zero-order chi connectivity index (χ0) is 19.2. The van der Waals surface area contributed by atoms with E-state index in [0.717, 1.165) is 0 Å². The van der Waals surface area contributed by atoms with Crippen LogP contribution in [0.15, 0.2) is 47.4 Å². The van der Waals surface area contributed by atoms with Crippen LogP contribution < -0.4 is 10.1 Å². The van der Waals surface area contributed by atoms with E-state index in [9.17, 15) is 13.2 Å². The topological polar surface area (TPSA) is 72.5 Å². The Balaban J connectivity index is 1.75. The minimum Gasteiger partial charge on any atom is -0.482 e. The fraction of sp³-hybridized carbons (Fsp3) is 0.235. The maximum Gasteiger partial charge on any atom is 0.257 e. The van der Waals surface area contributed by atoms with E-state index in [1.165, 1.54) is 12.1 Å². The Morgan fingerprint density at radius 2 is 1.65 bits per heavy atom. The van der Waals surface area contributed by atoms with E-state index in [4.69, 9.17) is 39.5 Å². The van der Waals surface area contributed by atoms with Crippen LogP contribution in [0.1, 0.15) is 6.42 Å². The summed E-state index contributed by atoms with van der Waals surface area (Å²) in [6.07, 6.45) is 0.288. The average Bonchev–Trinajstić information content (AvgIpc) is 2.61. The summed E-state index contributed by atoms with van der Waals surface area (Å²) in [6.45, 7) is -0.0630. The third kappa shape index (κ3) is 6.06. The van der Waals surface area contributed by atoms with Gasteiger partial charge in [-0.3, -0.25) is 4.79 Å². The van der Waals surface area contributed by atoms with Gasteiger partial charge in [-0.1, -0.05) is 53.0 Å². The molecule has 0 aliphatic rings. The van der Waals surface area contributed by atoms with E-state index in [1.807, 2.05) is 0 Å². The fourth-order valence-electron chi connectivity index (χ4n) is 2.04. The van der Waals surface area contributed by atoms with Gasteiger partial charge in [-0.15, -0.1) is 0 Å². The van der Waals surface area contributed by atoms with Gasteiger partial charge in [0.25, 0.3) is 5.91 Å². The Labute approximate surface area is 167 Å². The first-order chi connectivity index (χ1) is 12.3. The molecule has 140 valence electrons. The molecule has 0 atom stereocenters. The highest BCUT2D eigenvalue weighted by atomic mass is 35.5. The number of benzene rings is 2. The smallest absolute Gasteiger partial charge is 0.257 e. The maximum atomic E-state index is 12.1. The predicted molar refractivity (Wildman–Crippen MR) is 103 cm³/mol. The van der Waals surface area contributed by atoms with Crippen molar-refractivity contribution < 1.29 is 17.9 Å². The standard InChI is InChI=1S/C17H16Cl3NO4S/c18-13-9-15(20)16(10-14(13)19)25-11-17(22)21-7-4-8-26(23,24)12-5-2-1-3-6-12/h1-3,5-6,9-10H,4,7-8,11H2,(H,21,22). The van der Waals surface area contributed by atoms with Crippen LogP contribution in [-0.4, -0.2) is 33.2 Å². The molecule has 2 rings (SSSR count). The van der Waals surface area contributed by atoms with Gasteiger partial charge >= 0.3 is 0 Å². The van der Waals surface area contributed by atoms with Gasteiger partial charge in [-0.2, -0.15) is 0 Å². The van der Waals surface area contributed by atoms with E-state index in [2.05, 4.69) is 5.32 Å². The number of halogens is 3. The molecular weight excluding hydrogens is 421 g/mol. The van der Waals surface area contributed by atoms with Crippen LogP contribution in [0, 0.1) is 0 Å². The molecule has 2 aromatic rings. The van der Waals surface area contributed by atoms with Crippen LogP contribution in [0.2, 0.25) is 15.1 Å². The third-order valence-electron chi connectivity index (χ3n) is 3.35. The number of nitrogens with one attached hydrogen (secondary N) is 1. The lowest BCUT2D eigenvalue weighted by Gasteiger charge is -2.10. The minimum absolute atomic E-state index is 0.0588. The van der Waals surface area contributed by atoms with Crippen molar-refractivity contribution in [3.63, 3.8) is 0 Å². The van der Waals surface area contributed by atoms with Gasteiger partial charge in [0, 0.05) is 12.6 Å². The zero-order valence-electron chi connectivity index (χ0n) is 13.5. The molecule has 9 heteroatoms. The van der Waals surface area contributed by atoms with Gasteiger partial charge in [-0.25, -0.2) is 8.42 Å². The highest BCUT2D eigenvalue weighted by Crippen LogP contribution is 2.33. The summed E-state index contributed by atoms with van der Waals surface area (Å²) in [7, 11) is -3.36. The number of amides is 1. The molecular formula is C17H16Cl3NO4S. The van der Waals surface area contributed by atoms with Crippen molar-refractivity contribution in [2.45, 2.75) is 11.3 Å². The van der Waals surface area contributed by atoms with Crippen molar-refractivity contribution in [2.24, 2.45) is 0 Å². The predicted octanol–water partition coefficient (Wildman–Crippen LogP) is 4.01. The van der Waals surface area contributed by atoms with Gasteiger partial charge in [0.05, 0.1) is 25.7 Å². The van der Waals surface area contributed by atoms with Crippen LogP contribution in [-0.2, 0) is 14.6 Å². The highest BCUT2D eigenvalue weighted by molar-refractivity contribution is 7.91. The summed E-state index contributed by atoms with van der Waals surface area (Å²) in [5.41, 5.74) is 0. The van der Waals surface area contributed by atoms with Crippen LogP contribution in [0.25, 0.3) is 0 Å². The minimum atomic E-state index is -3.36. The summed E-state index contributed by atoms with van der Waals surface area (Å²) < 4.78 is 29.5. The van der Waals surface area contributed by atoms with E-state index in [0.29, 0.717) is 0 Å². The second-order valence-electron chi connectivity index (χ2n) is 5.32. The van der Waals surface area contributed by atoms with Crippen molar-refractivity contribution in [3.05, 3.63) is 57.5 Å². The molecule has 0 aromatic heterocycles. The fourth-order valence-corrected chi connectivity index (χ4v) is 3.97. The molecule has 0 aliphatic heterocycles. The number of rotatable bonds is 8. The van der Waals surface area contributed by atoms with Crippen molar-refractivity contribution in [1.82, 2.24) is 5.32 Å². The Morgan fingerprint density at radius 1 is 1.00 bits per heavy atom. The molecule has 0 aliphatic carbocycles. The number of sulfone groups is 1. The molecule has 1 amide bonds. The molecule has 5 nitrogen and oxygen atoms in total. The van der Waals surface area contributed by atoms with Crippen molar-refractivity contribution in [3.8, 4) is 5.75 Å². The highest BCUT2D eigenvalue weighted by Gasteiger charge is 2.14. The molecule has 0 bridgehead atoms. The van der Waals surface area contributed by atoms with Gasteiger partial charge < -0.3 is 10.1 Å². The second kappa shape index (κ2) is 9.46. The first kappa shape index (κ1) is 20.8. The van der Waals surface area contributed by atoms with Crippen LogP contribution >= 0.6 is 34.8 Å². The first-order valence-corrected chi connectivity index (χ1v) is 10.4. The summed E-state index contributed by atoms with van der Waals surface area (Å²) in [6, 6.07) is 11.0. The third-order valence-corrected chi connectivity index (χ3v) is 6.18. The van der Waals surface area contributed by atoms with E-state index in [1.54, 1.807) is 30.3 Å². The van der Waals surface area contributed by atoms with Gasteiger partial charge in [-0.05, 0) is 24.6 Å². The Morgan fingerprint density at radius 3 is 2.35 bits per heavy atom. The maximum absolute atomic E-state index is 12.1. The molecule has 0 heterocycles. The van der Waals surface area contributed by atoms with Gasteiger partial charge in [0.1, 0.15) is 5.75 Å². The Bertz CT molecular complexity index is 873. The van der Waals surface area contributed by atoms with E-state index >= 15 is 0 Å². The van der Waals surface area contributed by atoms with Gasteiger partial charge in [0.15, 0.2) is 16.4 Å². The van der Waals surface area contributed by atoms with Gasteiger partial charge in [0.2, 0.25) is 0 Å². The summed E-state index contributed by atoms with van der Waals surface area (Å²) in [4.78, 5) is 12.1. The normalized spacial score (nSPS) is 11.2.